The van der Waals surface area contributed by atoms with Gasteiger partial charge in [-0.2, -0.15) is 13.2 Å². The summed E-state index contributed by atoms with van der Waals surface area (Å²) in [6, 6.07) is 9.26. The Kier molecular flexibility index (Phi) is 8.12. The van der Waals surface area contributed by atoms with E-state index in [0.717, 1.165) is 37.7 Å². The number of anilines is 1. The molecule has 0 aromatic heterocycles. The van der Waals surface area contributed by atoms with Crippen LogP contribution in [0.2, 0.25) is 0 Å². The molecule has 0 radical (unpaired) electrons. The van der Waals surface area contributed by atoms with Crippen LogP contribution >= 0.6 is 0 Å². The number of halogens is 3. The Morgan fingerprint density at radius 2 is 1.65 bits per heavy atom. The fraction of sp³-hybridized carbons (Fsp3) is 0.458. The van der Waals surface area contributed by atoms with Gasteiger partial charge in [-0.3, -0.25) is 4.79 Å². The summed E-state index contributed by atoms with van der Waals surface area (Å²) in [4.78, 5) is 16.9. The molecule has 0 aliphatic carbocycles. The second kappa shape index (κ2) is 10.7. The molecule has 0 bridgehead atoms. The van der Waals surface area contributed by atoms with Crippen molar-refractivity contribution in [1.82, 2.24) is 4.90 Å². The Hall–Kier alpha value is -2.75. The van der Waals surface area contributed by atoms with E-state index >= 15 is 0 Å². The summed E-state index contributed by atoms with van der Waals surface area (Å²) in [7, 11) is -3.51. The molecule has 0 spiro atoms. The van der Waals surface area contributed by atoms with Crippen molar-refractivity contribution in [3.05, 3.63) is 53.6 Å². The first-order chi connectivity index (χ1) is 16.0. The first-order valence-corrected chi connectivity index (χ1v) is 13.1. The molecular weight excluding hydrogens is 469 g/mol. The van der Waals surface area contributed by atoms with Gasteiger partial charge in [-0.15, -0.1) is 0 Å². The van der Waals surface area contributed by atoms with Gasteiger partial charge in [-0.25, -0.2) is 8.42 Å². The number of piperazine rings is 1. The predicted molar refractivity (Wildman–Crippen MR) is 124 cm³/mol. The third-order valence-corrected chi connectivity index (χ3v) is 6.85. The van der Waals surface area contributed by atoms with Gasteiger partial charge in [0.15, 0.2) is 9.84 Å². The molecule has 2 aromatic carbocycles. The van der Waals surface area contributed by atoms with E-state index in [9.17, 15) is 26.4 Å². The molecule has 10 heteroatoms. The number of benzene rings is 2. The summed E-state index contributed by atoms with van der Waals surface area (Å²) >= 11 is 0. The van der Waals surface area contributed by atoms with Crippen molar-refractivity contribution in [1.29, 1.82) is 0 Å². The number of nitrogens with zero attached hydrogens (tertiary/aromatic N) is 2. The van der Waals surface area contributed by atoms with Crippen molar-refractivity contribution in [3.63, 3.8) is 0 Å². The van der Waals surface area contributed by atoms with Crippen LogP contribution in [0.15, 0.2) is 47.4 Å². The zero-order valence-electron chi connectivity index (χ0n) is 19.3. The highest BCUT2D eigenvalue weighted by atomic mass is 32.2. The summed E-state index contributed by atoms with van der Waals surface area (Å²) in [6.07, 6.45) is -0.479. The standard InChI is InChI=1S/C24H29F3N2O4S/c1-3-4-5-16-33-22-11-10-20(34(2,31)32)17-21(22)23(30)29-14-12-28(13-15-29)19-8-6-18(7-9-19)24(25,26)27/h6-11,17H,3-5,12-16H2,1-2H3. The van der Waals surface area contributed by atoms with E-state index in [4.69, 9.17) is 4.74 Å². The Bertz CT molecular complexity index is 1090. The molecule has 1 aliphatic rings. The zero-order chi connectivity index (χ0) is 24.9. The van der Waals surface area contributed by atoms with Gasteiger partial charge in [0.25, 0.3) is 5.91 Å². The maximum atomic E-state index is 13.3. The maximum Gasteiger partial charge on any atom is 0.416 e. The minimum atomic E-state index is -4.39. The molecule has 0 saturated carbocycles. The molecule has 0 unspecified atom stereocenters. The van der Waals surface area contributed by atoms with E-state index < -0.39 is 21.6 Å². The van der Waals surface area contributed by atoms with E-state index in [1.165, 1.54) is 30.3 Å². The maximum absolute atomic E-state index is 13.3. The molecule has 34 heavy (non-hydrogen) atoms. The third kappa shape index (κ3) is 6.43. The van der Waals surface area contributed by atoms with Crippen molar-refractivity contribution < 1.29 is 31.1 Å². The summed E-state index contributed by atoms with van der Waals surface area (Å²) < 4.78 is 68.3. The molecule has 1 aliphatic heterocycles. The van der Waals surface area contributed by atoms with Crippen molar-refractivity contribution in [2.75, 3.05) is 43.9 Å². The summed E-state index contributed by atoms with van der Waals surface area (Å²) in [5, 5.41) is 0. The minimum Gasteiger partial charge on any atom is -0.493 e. The molecule has 0 atom stereocenters. The molecule has 1 fully saturated rings. The number of unbranched alkanes of at least 4 members (excludes halogenated alkanes) is 2. The van der Waals surface area contributed by atoms with Crippen LogP contribution in [-0.2, 0) is 16.0 Å². The summed E-state index contributed by atoms with van der Waals surface area (Å²) in [5.74, 6) is 0.0155. The Morgan fingerprint density at radius 3 is 2.21 bits per heavy atom. The van der Waals surface area contributed by atoms with E-state index in [1.54, 1.807) is 4.90 Å². The number of hydrogen-bond acceptors (Lipinski definition) is 5. The lowest BCUT2D eigenvalue weighted by Gasteiger charge is -2.36. The second-order valence-electron chi connectivity index (χ2n) is 8.31. The molecule has 2 aromatic rings. The summed E-state index contributed by atoms with van der Waals surface area (Å²) in [6.45, 7) is 4.07. The molecule has 1 saturated heterocycles. The Balaban J connectivity index is 1.72. The van der Waals surface area contributed by atoms with Gasteiger partial charge in [0.1, 0.15) is 5.75 Å². The SMILES string of the molecule is CCCCCOc1ccc(S(C)(=O)=O)cc1C(=O)N1CCN(c2ccc(C(F)(F)F)cc2)CC1. The molecule has 1 amide bonds. The van der Waals surface area contributed by atoms with Gasteiger partial charge >= 0.3 is 6.18 Å². The summed E-state index contributed by atoms with van der Waals surface area (Å²) in [5.41, 5.74) is 0.142. The van der Waals surface area contributed by atoms with E-state index in [0.29, 0.717) is 44.2 Å². The molecule has 0 N–H and O–H groups in total. The lowest BCUT2D eigenvalue weighted by atomic mass is 10.1. The zero-order valence-corrected chi connectivity index (χ0v) is 20.1. The average Bonchev–Trinajstić information content (AvgIpc) is 2.80. The van der Waals surface area contributed by atoms with Crippen LogP contribution in [0.25, 0.3) is 0 Å². The van der Waals surface area contributed by atoms with E-state index in [1.807, 2.05) is 4.90 Å². The molecule has 6 nitrogen and oxygen atoms in total. The fourth-order valence-electron chi connectivity index (χ4n) is 3.77. The van der Waals surface area contributed by atoms with Crippen LogP contribution in [-0.4, -0.2) is 58.3 Å². The fourth-order valence-corrected chi connectivity index (χ4v) is 4.41. The van der Waals surface area contributed by atoms with Crippen LogP contribution in [0.5, 0.6) is 5.75 Å². The van der Waals surface area contributed by atoms with Crippen molar-refractivity contribution in [2.24, 2.45) is 0 Å². The highest BCUT2D eigenvalue weighted by Gasteiger charge is 2.31. The lowest BCUT2D eigenvalue weighted by Crippen LogP contribution is -2.48. The van der Waals surface area contributed by atoms with E-state index in [-0.39, 0.29) is 16.4 Å². The van der Waals surface area contributed by atoms with E-state index in [2.05, 4.69) is 6.92 Å². The highest BCUT2D eigenvalue weighted by molar-refractivity contribution is 7.90. The number of rotatable bonds is 8. The first-order valence-electron chi connectivity index (χ1n) is 11.2. The number of carbonyl (C=O) groups excluding carboxylic acids is 1. The number of amides is 1. The van der Waals surface area contributed by atoms with Crippen LogP contribution < -0.4 is 9.64 Å². The van der Waals surface area contributed by atoms with Crippen LogP contribution in [0.1, 0.15) is 42.1 Å². The van der Waals surface area contributed by atoms with Crippen LogP contribution in [0.4, 0.5) is 18.9 Å². The highest BCUT2D eigenvalue weighted by Crippen LogP contribution is 2.31. The average molecular weight is 499 g/mol. The monoisotopic (exact) mass is 498 g/mol. The van der Waals surface area contributed by atoms with Crippen LogP contribution in [0.3, 0.4) is 0 Å². The lowest BCUT2D eigenvalue weighted by molar-refractivity contribution is -0.137. The van der Waals surface area contributed by atoms with Gasteiger partial charge in [-0.05, 0) is 48.9 Å². The number of alkyl halides is 3. The van der Waals surface area contributed by atoms with Crippen molar-refractivity contribution >= 4 is 21.4 Å². The normalized spacial score (nSPS) is 14.9. The molecule has 186 valence electrons. The molecule has 1 heterocycles. The van der Waals surface area contributed by atoms with Gasteiger partial charge < -0.3 is 14.5 Å². The Labute approximate surface area is 198 Å². The smallest absolute Gasteiger partial charge is 0.416 e. The van der Waals surface area contributed by atoms with Gasteiger partial charge in [0, 0.05) is 38.1 Å². The number of hydrogen-bond donors (Lipinski definition) is 0. The second-order valence-corrected chi connectivity index (χ2v) is 10.3. The first kappa shape index (κ1) is 25.9. The van der Waals surface area contributed by atoms with Gasteiger partial charge in [0.05, 0.1) is 22.6 Å². The Morgan fingerprint density at radius 1 is 1.00 bits per heavy atom. The molecular formula is C24H29F3N2O4S. The third-order valence-electron chi connectivity index (χ3n) is 5.74. The van der Waals surface area contributed by atoms with Gasteiger partial charge in [0.2, 0.25) is 0 Å². The number of carbonyl (C=O) groups is 1. The topological polar surface area (TPSA) is 66.9 Å². The minimum absolute atomic E-state index is 0.0418. The van der Waals surface area contributed by atoms with Gasteiger partial charge in [-0.1, -0.05) is 19.8 Å². The largest absolute Gasteiger partial charge is 0.493 e. The number of ether oxygens (including phenoxy) is 1. The van der Waals surface area contributed by atoms with Crippen molar-refractivity contribution in [3.8, 4) is 5.75 Å². The van der Waals surface area contributed by atoms with Crippen molar-refractivity contribution in [2.45, 2.75) is 37.3 Å². The quantitative estimate of drug-likeness (QED) is 0.496. The number of sulfone groups is 1. The predicted octanol–water partition coefficient (Wildman–Crippen LogP) is 4.64. The molecule has 3 rings (SSSR count). The van der Waals surface area contributed by atoms with Crippen LogP contribution in [0, 0.1) is 0 Å².